The van der Waals surface area contributed by atoms with E-state index in [0.717, 1.165) is 28.9 Å². The molecule has 0 spiro atoms. The van der Waals surface area contributed by atoms with Crippen LogP contribution >= 0.6 is 0 Å². The predicted molar refractivity (Wildman–Crippen MR) is 94.3 cm³/mol. The second-order valence-electron chi connectivity index (χ2n) is 5.59. The summed E-state index contributed by atoms with van der Waals surface area (Å²) in [5.41, 5.74) is 2.75. The van der Waals surface area contributed by atoms with Gasteiger partial charge in [0.2, 0.25) is 5.56 Å². The third kappa shape index (κ3) is 2.40. The van der Waals surface area contributed by atoms with Crippen LogP contribution in [0.25, 0.3) is 27.8 Å². The first kappa shape index (κ1) is 14.4. The Bertz CT molecular complexity index is 1060. The number of hydrogen-bond donors (Lipinski definition) is 1. The first-order valence-electron chi connectivity index (χ1n) is 7.88. The molecule has 1 N–H and O–H groups in total. The largest absolute Gasteiger partial charge is 0.328 e. The van der Waals surface area contributed by atoms with Crippen LogP contribution in [0.4, 0.5) is 0 Å². The van der Waals surface area contributed by atoms with Gasteiger partial charge in [0.15, 0.2) is 5.82 Å². The van der Waals surface area contributed by atoms with E-state index in [9.17, 15) is 4.79 Å². The summed E-state index contributed by atoms with van der Waals surface area (Å²) in [5, 5.41) is 6.90. The number of nitrogens with one attached hydrogen (secondary N) is 1. The van der Waals surface area contributed by atoms with Crippen molar-refractivity contribution >= 4 is 10.8 Å². The van der Waals surface area contributed by atoms with Gasteiger partial charge in [-0.05, 0) is 29.5 Å². The topological polar surface area (TPSA) is 63.6 Å². The second kappa shape index (κ2) is 5.77. The standard InChI is InChI=1S/C19H16N4O/c1-2-13-11-21-19(16-6-4-3-5-15(13)16)23-10-9-17(22-23)14-7-8-18(24)20-12-14/h3-12H,2H2,1H3,(H,20,24). The smallest absolute Gasteiger partial charge is 0.247 e. The van der Waals surface area contributed by atoms with Crippen molar-refractivity contribution in [2.75, 3.05) is 0 Å². The number of benzene rings is 1. The molecule has 3 heterocycles. The monoisotopic (exact) mass is 316 g/mol. The minimum absolute atomic E-state index is 0.124. The maximum atomic E-state index is 11.2. The number of aryl methyl sites for hydroxylation is 1. The number of pyridine rings is 2. The van der Waals surface area contributed by atoms with Crippen LogP contribution < -0.4 is 5.56 Å². The Balaban J connectivity index is 1.84. The Morgan fingerprint density at radius 1 is 1.08 bits per heavy atom. The van der Waals surface area contributed by atoms with Crippen LogP contribution in [-0.4, -0.2) is 19.7 Å². The molecule has 0 fully saturated rings. The van der Waals surface area contributed by atoms with E-state index in [4.69, 9.17) is 0 Å². The summed E-state index contributed by atoms with van der Waals surface area (Å²) in [7, 11) is 0. The van der Waals surface area contributed by atoms with E-state index in [1.165, 1.54) is 17.0 Å². The van der Waals surface area contributed by atoms with Gasteiger partial charge in [0, 0.05) is 35.6 Å². The lowest BCUT2D eigenvalue weighted by molar-refractivity contribution is 0.856. The Kier molecular flexibility index (Phi) is 3.46. The molecule has 24 heavy (non-hydrogen) atoms. The van der Waals surface area contributed by atoms with Crippen LogP contribution in [0.3, 0.4) is 0 Å². The van der Waals surface area contributed by atoms with E-state index in [-0.39, 0.29) is 5.56 Å². The molecule has 3 aromatic heterocycles. The number of fused-ring (bicyclic) bond motifs is 1. The molecule has 0 aliphatic rings. The third-order valence-corrected chi connectivity index (χ3v) is 4.12. The Morgan fingerprint density at radius 3 is 2.67 bits per heavy atom. The highest BCUT2D eigenvalue weighted by atomic mass is 16.1. The summed E-state index contributed by atoms with van der Waals surface area (Å²) in [6.45, 7) is 2.13. The summed E-state index contributed by atoms with van der Waals surface area (Å²) in [6.07, 6.45) is 6.41. The number of hydrogen-bond acceptors (Lipinski definition) is 3. The highest BCUT2D eigenvalue weighted by Gasteiger charge is 2.10. The number of aromatic amines is 1. The van der Waals surface area contributed by atoms with Crippen LogP contribution in [-0.2, 0) is 6.42 Å². The molecule has 4 aromatic rings. The van der Waals surface area contributed by atoms with Crippen LogP contribution in [0, 0.1) is 0 Å². The highest BCUT2D eigenvalue weighted by molar-refractivity contribution is 5.91. The van der Waals surface area contributed by atoms with E-state index in [2.05, 4.69) is 34.1 Å². The van der Waals surface area contributed by atoms with Gasteiger partial charge in [-0.3, -0.25) is 4.79 Å². The zero-order valence-corrected chi connectivity index (χ0v) is 13.2. The van der Waals surface area contributed by atoms with Crippen molar-refractivity contribution in [1.29, 1.82) is 0 Å². The van der Waals surface area contributed by atoms with E-state index >= 15 is 0 Å². The molecule has 0 atom stereocenters. The minimum atomic E-state index is -0.124. The van der Waals surface area contributed by atoms with Gasteiger partial charge in [-0.1, -0.05) is 31.2 Å². The highest BCUT2D eigenvalue weighted by Crippen LogP contribution is 2.24. The average molecular weight is 316 g/mol. The zero-order chi connectivity index (χ0) is 16.5. The van der Waals surface area contributed by atoms with Crippen LogP contribution in [0.15, 0.2) is 65.8 Å². The summed E-state index contributed by atoms with van der Waals surface area (Å²) >= 11 is 0. The van der Waals surface area contributed by atoms with Crippen molar-refractivity contribution in [3.63, 3.8) is 0 Å². The summed E-state index contributed by atoms with van der Waals surface area (Å²) in [4.78, 5) is 18.5. The van der Waals surface area contributed by atoms with E-state index in [1.54, 1.807) is 16.9 Å². The summed E-state index contributed by atoms with van der Waals surface area (Å²) in [5.74, 6) is 0.804. The maximum Gasteiger partial charge on any atom is 0.247 e. The second-order valence-corrected chi connectivity index (χ2v) is 5.59. The van der Waals surface area contributed by atoms with E-state index < -0.39 is 0 Å². The molecular weight excluding hydrogens is 300 g/mol. The fourth-order valence-electron chi connectivity index (χ4n) is 2.87. The molecule has 0 unspecified atom stereocenters. The Hall–Kier alpha value is -3.21. The van der Waals surface area contributed by atoms with Crippen molar-refractivity contribution in [3.05, 3.63) is 77.0 Å². The third-order valence-electron chi connectivity index (χ3n) is 4.12. The zero-order valence-electron chi connectivity index (χ0n) is 13.2. The predicted octanol–water partition coefficient (Wildman–Crippen LogP) is 3.34. The molecule has 0 saturated carbocycles. The lowest BCUT2D eigenvalue weighted by Gasteiger charge is -2.09. The van der Waals surface area contributed by atoms with E-state index in [1.807, 2.05) is 30.6 Å². The van der Waals surface area contributed by atoms with Crippen molar-refractivity contribution in [1.82, 2.24) is 19.7 Å². The van der Waals surface area contributed by atoms with Gasteiger partial charge in [0.25, 0.3) is 0 Å². The molecule has 0 aliphatic heterocycles. The number of H-pyrrole nitrogens is 1. The molecule has 0 radical (unpaired) electrons. The van der Waals surface area contributed by atoms with Gasteiger partial charge >= 0.3 is 0 Å². The molecule has 5 nitrogen and oxygen atoms in total. The number of nitrogens with zero attached hydrogens (tertiary/aromatic N) is 3. The molecule has 4 rings (SSSR count). The molecule has 0 saturated heterocycles. The van der Waals surface area contributed by atoms with Crippen molar-refractivity contribution in [2.24, 2.45) is 0 Å². The van der Waals surface area contributed by atoms with Gasteiger partial charge in [-0.2, -0.15) is 5.10 Å². The van der Waals surface area contributed by atoms with Gasteiger partial charge in [-0.25, -0.2) is 9.67 Å². The Morgan fingerprint density at radius 2 is 1.92 bits per heavy atom. The van der Waals surface area contributed by atoms with Crippen LogP contribution in [0.2, 0.25) is 0 Å². The van der Waals surface area contributed by atoms with Gasteiger partial charge in [-0.15, -0.1) is 0 Å². The lowest BCUT2D eigenvalue weighted by atomic mass is 10.1. The quantitative estimate of drug-likeness (QED) is 0.630. The molecular formula is C19H16N4O. The van der Waals surface area contributed by atoms with Crippen LogP contribution in [0.1, 0.15) is 12.5 Å². The number of rotatable bonds is 3. The molecule has 0 amide bonds. The Labute approximate surface area is 138 Å². The van der Waals surface area contributed by atoms with Crippen LogP contribution in [0.5, 0.6) is 0 Å². The summed E-state index contributed by atoms with van der Waals surface area (Å²) < 4.78 is 1.78. The van der Waals surface area contributed by atoms with Gasteiger partial charge in [0.1, 0.15) is 0 Å². The molecule has 1 aromatic carbocycles. The number of aromatic nitrogens is 4. The molecule has 118 valence electrons. The SMILES string of the molecule is CCc1cnc(-n2ccc(-c3ccc(=O)[nH]c3)n2)c2ccccc12. The van der Waals surface area contributed by atoms with Crippen molar-refractivity contribution in [2.45, 2.75) is 13.3 Å². The van der Waals surface area contributed by atoms with Crippen molar-refractivity contribution in [3.8, 4) is 17.1 Å². The lowest BCUT2D eigenvalue weighted by Crippen LogP contribution is -2.03. The molecule has 0 aliphatic carbocycles. The van der Waals surface area contributed by atoms with Crippen molar-refractivity contribution < 1.29 is 0 Å². The minimum Gasteiger partial charge on any atom is -0.328 e. The maximum absolute atomic E-state index is 11.2. The van der Waals surface area contributed by atoms with Gasteiger partial charge in [0.05, 0.1) is 5.69 Å². The fraction of sp³-hybridized carbons (Fsp3) is 0.105. The first-order chi connectivity index (χ1) is 11.8. The normalized spacial score (nSPS) is 11.0. The van der Waals surface area contributed by atoms with E-state index in [0.29, 0.717) is 0 Å². The fourth-order valence-corrected chi connectivity index (χ4v) is 2.87. The molecule has 5 heteroatoms. The van der Waals surface area contributed by atoms with Gasteiger partial charge < -0.3 is 4.98 Å². The summed E-state index contributed by atoms with van der Waals surface area (Å²) in [6, 6.07) is 13.4. The average Bonchev–Trinajstić information content (AvgIpc) is 3.11. The first-order valence-corrected chi connectivity index (χ1v) is 7.88. The molecule has 0 bridgehead atoms.